The number of anilines is 1. The molecule has 8 nitrogen and oxygen atoms in total. The second-order valence-corrected chi connectivity index (χ2v) is 7.11. The number of nitrogens with one attached hydrogen (secondary N) is 2. The highest BCUT2D eigenvalue weighted by Gasteiger charge is 2.35. The summed E-state index contributed by atoms with van der Waals surface area (Å²) < 4.78 is 6.93. The summed E-state index contributed by atoms with van der Waals surface area (Å²) in [5.41, 5.74) is 2.67. The molecule has 1 fully saturated rings. The molecule has 1 aromatic carbocycles. The zero-order valence-corrected chi connectivity index (χ0v) is 15.6. The van der Waals surface area contributed by atoms with Crippen LogP contribution in [0.2, 0.25) is 0 Å². The van der Waals surface area contributed by atoms with Crippen molar-refractivity contribution in [2.75, 3.05) is 18.5 Å². The summed E-state index contributed by atoms with van der Waals surface area (Å²) in [4.78, 5) is 19.8. The highest BCUT2D eigenvalue weighted by atomic mass is 16.5. The Morgan fingerprint density at radius 2 is 2.21 bits per heavy atom. The molecule has 0 amide bonds. The Kier molecular flexibility index (Phi) is 5.17. The molecule has 0 aliphatic carbocycles. The maximum Gasteiger partial charge on any atom is 0.351 e. The van der Waals surface area contributed by atoms with Crippen molar-refractivity contribution >= 4 is 16.7 Å². The lowest BCUT2D eigenvalue weighted by Gasteiger charge is -2.16. The van der Waals surface area contributed by atoms with Crippen LogP contribution in [0.1, 0.15) is 23.8 Å². The van der Waals surface area contributed by atoms with E-state index in [1.165, 1.54) is 15.5 Å². The van der Waals surface area contributed by atoms with Gasteiger partial charge in [-0.25, -0.2) is 4.79 Å². The van der Waals surface area contributed by atoms with Crippen molar-refractivity contribution in [1.82, 2.24) is 14.5 Å². The normalized spacial score (nSPS) is 22.0. The third kappa shape index (κ3) is 3.54. The fourth-order valence-electron chi connectivity index (χ4n) is 3.66. The minimum atomic E-state index is -0.795. The molecule has 3 heterocycles. The molecular formula is C20H24N4O4. The van der Waals surface area contributed by atoms with Crippen LogP contribution in [0, 0.1) is 6.92 Å². The van der Waals surface area contributed by atoms with Gasteiger partial charge in [0.25, 0.3) is 0 Å². The SMILES string of the molecule is Cc1cn([C@H]2C[C@H](O)[C@H](CO)O2)c(=O)nc1NCCc1c[nH]c2ccccc12. The summed E-state index contributed by atoms with van der Waals surface area (Å²) in [7, 11) is 0. The second-order valence-electron chi connectivity index (χ2n) is 7.11. The predicted octanol–water partition coefficient (Wildman–Crippen LogP) is 1.33. The van der Waals surface area contributed by atoms with Crippen molar-refractivity contribution in [2.24, 2.45) is 0 Å². The Morgan fingerprint density at radius 3 is 3.00 bits per heavy atom. The number of H-pyrrole nitrogens is 1. The lowest BCUT2D eigenvalue weighted by molar-refractivity contribution is -0.0459. The van der Waals surface area contributed by atoms with Gasteiger partial charge in [0.15, 0.2) is 0 Å². The number of nitrogens with zero attached hydrogens (tertiary/aromatic N) is 2. The number of aryl methyl sites for hydroxylation is 1. The van der Waals surface area contributed by atoms with E-state index < -0.39 is 24.1 Å². The van der Waals surface area contributed by atoms with Gasteiger partial charge in [0.05, 0.1) is 12.7 Å². The van der Waals surface area contributed by atoms with Gasteiger partial charge in [-0.15, -0.1) is 0 Å². The Balaban J connectivity index is 1.44. The number of hydrogen-bond donors (Lipinski definition) is 4. The van der Waals surface area contributed by atoms with Crippen LogP contribution in [0.15, 0.2) is 41.5 Å². The Hall–Kier alpha value is -2.68. The second kappa shape index (κ2) is 7.75. The van der Waals surface area contributed by atoms with Crippen LogP contribution in [-0.2, 0) is 11.2 Å². The van der Waals surface area contributed by atoms with Gasteiger partial charge in [0.1, 0.15) is 18.1 Å². The minimum Gasteiger partial charge on any atom is -0.394 e. The standard InChI is InChI=1S/C20H24N4O4/c1-12-10-24(18-8-16(26)17(11-25)28-18)20(27)23-19(12)21-7-6-13-9-22-15-5-3-2-4-14(13)15/h2-5,9-10,16-18,22,25-26H,6-8,11H2,1H3,(H,21,23,27)/t16-,17-,18+/m0/s1. The number of aromatic amines is 1. The lowest BCUT2D eigenvalue weighted by Crippen LogP contribution is -2.29. The number of aliphatic hydroxyl groups excluding tert-OH is 2. The van der Waals surface area contributed by atoms with Gasteiger partial charge < -0.3 is 25.3 Å². The third-order valence-corrected chi connectivity index (χ3v) is 5.19. The summed E-state index contributed by atoms with van der Waals surface area (Å²) in [5.74, 6) is 0.540. The van der Waals surface area contributed by atoms with E-state index in [0.717, 1.165) is 17.5 Å². The van der Waals surface area contributed by atoms with Gasteiger partial charge in [0, 0.05) is 41.8 Å². The first kappa shape index (κ1) is 18.7. The van der Waals surface area contributed by atoms with E-state index in [2.05, 4.69) is 21.4 Å². The van der Waals surface area contributed by atoms with Crippen molar-refractivity contribution in [2.45, 2.75) is 38.2 Å². The van der Waals surface area contributed by atoms with E-state index in [0.29, 0.717) is 12.4 Å². The number of ether oxygens (including phenoxy) is 1. The van der Waals surface area contributed by atoms with Crippen LogP contribution >= 0.6 is 0 Å². The molecular weight excluding hydrogens is 360 g/mol. The molecule has 3 atom stereocenters. The van der Waals surface area contributed by atoms with E-state index in [9.17, 15) is 15.0 Å². The van der Waals surface area contributed by atoms with Crippen LogP contribution in [-0.4, -0.2) is 50.1 Å². The van der Waals surface area contributed by atoms with E-state index in [-0.39, 0.29) is 13.0 Å². The van der Waals surface area contributed by atoms with Crippen molar-refractivity contribution in [3.05, 3.63) is 58.3 Å². The lowest BCUT2D eigenvalue weighted by atomic mass is 10.1. The monoisotopic (exact) mass is 384 g/mol. The number of aromatic nitrogens is 3. The first-order chi connectivity index (χ1) is 13.6. The van der Waals surface area contributed by atoms with E-state index in [1.54, 1.807) is 6.20 Å². The van der Waals surface area contributed by atoms with Gasteiger partial charge in [-0.1, -0.05) is 18.2 Å². The Labute approximate surface area is 161 Å². The maximum atomic E-state index is 12.4. The van der Waals surface area contributed by atoms with Gasteiger partial charge in [-0.05, 0) is 25.0 Å². The maximum absolute atomic E-state index is 12.4. The summed E-state index contributed by atoms with van der Waals surface area (Å²) in [6.07, 6.45) is 2.64. The highest BCUT2D eigenvalue weighted by Crippen LogP contribution is 2.28. The van der Waals surface area contributed by atoms with Gasteiger partial charge >= 0.3 is 5.69 Å². The largest absolute Gasteiger partial charge is 0.394 e. The van der Waals surface area contributed by atoms with E-state index in [1.807, 2.05) is 31.3 Å². The van der Waals surface area contributed by atoms with Crippen LogP contribution in [0.25, 0.3) is 10.9 Å². The fourth-order valence-corrected chi connectivity index (χ4v) is 3.66. The van der Waals surface area contributed by atoms with Crippen LogP contribution < -0.4 is 11.0 Å². The molecule has 0 radical (unpaired) electrons. The first-order valence-corrected chi connectivity index (χ1v) is 9.40. The van der Waals surface area contributed by atoms with E-state index >= 15 is 0 Å². The number of para-hydroxylation sites is 1. The summed E-state index contributed by atoms with van der Waals surface area (Å²) in [5, 5.41) is 23.5. The molecule has 2 aromatic heterocycles. The molecule has 1 aliphatic rings. The fraction of sp³-hybridized carbons (Fsp3) is 0.400. The van der Waals surface area contributed by atoms with Crippen LogP contribution in [0.4, 0.5) is 5.82 Å². The molecule has 1 aliphatic heterocycles. The molecule has 0 saturated carbocycles. The van der Waals surface area contributed by atoms with Gasteiger partial charge in [-0.3, -0.25) is 4.57 Å². The van der Waals surface area contributed by atoms with Gasteiger partial charge in [-0.2, -0.15) is 4.98 Å². The topological polar surface area (TPSA) is 112 Å². The quantitative estimate of drug-likeness (QED) is 0.510. The number of rotatable bonds is 6. The van der Waals surface area contributed by atoms with Gasteiger partial charge in [0.2, 0.25) is 0 Å². The molecule has 148 valence electrons. The third-order valence-electron chi connectivity index (χ3n) is 5.19. The zero-order chi connectivity index (χ0) is 19.7. The average molecular weight is 384 g/mol. The van der Waals surface area contributed by atoms with Crippen molar-refractivity contribution in [3.63, 3.8) is 0 Å². The first-order valence-electron chi connectivity index (χ1n) is 9.40. The molecule has 4 rings (SSSR count). The van der Waals surface area contributed by atoms with E-state index in [4.69, 9.17) is 4.74 Å². The number of hydrogen-bond acceptors (Lipinski definition) is 6. The number of aliphatic hydroxyl groups is 2. The zero-order valence-electron chi connectivity index (χ0n) is 15.6. The molecule has 8 heteroatoms. The molecule has 3 aromatic rings. The number of fused-ring (bicyclic) bond motifs is 1. The molecule has 0 spiro atoms. The summed E-state index contributed by atoms with van der Waals surface area (Å²) in [6, 6.07) is 8.14. The number of benzene rings is 1. The van der Waals surface area contributed by atoms with Crippen molar-refractivity contribution in [1.29, 1.82) is 0 Å². The molecule has 0 unspecified atom stereocenters. The van der Waals surface area contributed by atoms with Crippen molar-refractivity contribution < 1.29 is 14.9 Å². The predicted molar refractivity (Wildman–Crippen MR) is 105 cm³/mol. The minimum absolute atomic E-state index is 0.250. The molecule has 28 heavy (non-hydrogen) atoms. The smallest absolute Gasteiger partial charge is 0.351 e. The van der Waals surface area contributed by atoms with Crippen LogP contribution in [0.5, 0.6) is 0 Å². The van der Waals surface area contributed by atoms with Crippen LogP contribution in [0.3, 0.4) is 0 Å². The summed E-state index contributed by atoms with van der Waals surface area (Å²) >= 11 is 0. The highest BCUT2D eigenvalue weighted by molar-refractivity contribution is 5.83. The molecule has 0 bridgehead atoms. The Bertz CT molecular complexity index is 1030. The Morgan fingerprint density at radius 1 is 1.39 bits per heavy atom. The van der Waals surface area contributed by atoms with Crippen molar-refractivity contribution in [3.8, 4) is 0 Å². The average Bonchev–Trinajstić information content (AvgIpc) is 3.27. The summed E-state index contributed by atoms with van der Waals surface area (Å²) in [6.45, 7) is 2.22. The molecule has 1 saturated heterocycles. The molecule has 4 N–H and O–H groups in total.